The number of likely N-dealkylation sites (N-methyl/N-ethyl adjacent to an activating group) is 1. The smallest absolute Gasteiger partial charge is 0.247 e. The lowest BCUT2D eigenvalue weighted by molar-refractivity contribution is -0.111. The SMILES string of the molecule is C=CC(=O)Nc1ccc(Oc2ccnc(N)c2C#Cc2ccc(C(=O)CCC(O)CN(CC)CC)cc2)c(F)c1. The normalized spacial score (nSPS) is 11.3. The monoisotopic (exact) mass is 544 g/mol. The number of Topliss-reactive ketones (excluding diaryl/α,β-unsaturated/α-hetero) is 1. The van der Waals surface area contributed by atoms with Crippen molar-refractivity contribution in [3.63, 3.8) is 0 Å². The van der Waals surface area contributed by atoms with Crippen molar-refractivity contribution >= 4 is 23.2 Å². The minimum atomic E-state index is -0.697. The molecule has 3 aromatic rings. The molecule has 0 aliphatic rings. The number of hydrogen-bond donors (Lipinski definition) is 3. The van der Waals surface area contributed by atoms with E-state index < -0.39 is 17.8 Å². The van der Waals surface area contributed by atoms with E-state index in [2.05, 4.69) is 33.6 Å². The summed E-state index contributed by atoms with van der Waals surface area (Å²) in [7, 11) is 0. The molecule has 1 aromatic heterocycles. The number of nitrogen functional groups attached to an aromatic ring is 1. The highest BCUT2D eigenvalue weighted by molar-refractivity contribution is 5.99. The van der Waals surface area contributed by atoms with Crippen LogP contribution in [0.15, 0.2) is 67.4 Å². The summed E-state index contributed by atoms with van der Waals surface area (Å²) in [4.78, 5) is 30.2. The van der Waals surface area contributed by atoms with Crippen LogP contribution in [0.5, 0.6) is 11.5 Å². The van der Waals surface area contributed by atoms with Crippen LogP contribution in [0.1, 0.15) is 48.2 Å². The molecule has 0 aliphatic heterocycles. The third kappa shape index (κ3) is 8.50. The summed E-state index contributed by atoms with van der Waals surface area (Å²) in [6.07, 6.45) is 2.59. The van der Waals surface area contributed by atoms with E-state index in [1.165, 1.54) is 24.4 Å². The van der Waals surface area contributed by atoms with Gasteiger partial charge in [0, 0.05) is 48.1 Å². The molecule has 1 heterocycles. The van der Waals surface area contributed by atoms with E-state index in [1.54, 1.807) is 24.3 Å². The molecule has 40 heavy (non-hydrogen) atoms. The predicted molar refractivity (Wildman–Crippen MR) is 154 cm³/mol. The van der Waals surface area contributed by atoms with Crippen LogP contribution in [0.3, 0.4) is 0 Å². The number of hydrogen-bond acceptors (Lipinski definition) is 7. The molecular weight excluding hydrogens is 511 g/mol. The quantitative estimate of drug-likeness (QED) is 0.171. The molecule has 0 aliphatic carbocycles. The Balaban J connectivity index is 1.69. The second-order valence-electron chi connectivity index (χ2n) is 8.94. The highest BCUT2D eigenvalue weighted by Gasteiger charge is 2.14. The number of aromatic nitrogens is 1. The van der Waals surface area contributed by atoms with E-state index in [9.17, 15) is 19.1 Å². The first-order chi connectivity index (χ1) is 19.2. The molecule has 9 heteroatoms. The van der Waals surface area contributed by atoms with Gasteiger partial charge in [0.15, 0.2) is 17.3 Å². The lowest BCUT2D eigenvalue weighted by atomic mass is 10.0. The molecule has 8 nitrogen and oxygen atoms in total. The minimum absolute atomic E-state index is 0.0533. The summed E-state index contributed by atoms with van der Waals surface area (Å²) < 4.78 is 20.4. The van der Waals surface area contributed by atoms with E-state index in [4.69, 9.17) is 10.5 Å². The number of halogens is 1. The number of rotatable bonds is 12. The standard InChI is InChI=1S/C31H33FN4O4/c1-4-30(39)35-23-12-16-29(26(32)19-23)40-28-17-18-34-31(33)25(28)14-9-21-7-10-22(11-8-21)27(38)15-13-24(37)20-36(5-2)6-3/h4,7-8,10-12,16-19,24,37H,1,5-6,13,15,20H2,2-3H3,(H2,33,34)(H,35,39). The molecule has 3 rings (SSSR count). The van der Waals surface area contributed by atoms with Crippen molar-refractivity contribution < 1.29 is 23.8 Å². The Kier molecular flexibility index (Phi) is 10.9. The Hall–Kier alpha value is -4.52. The Bertz CT molecular complexity index is 1410. The van der Waals surface area contributed by atoms with Gasteiger partial charge in [0.05, 0.1) is 6.10 Å². The first kappa shape index (κ1) is 30.0. The van der Waals surface area contributed by atoms with Crippen molar-refractivity contribution in [1.82, 2.24) is 9.88 Å². The third-order valence-electron chi connectivity index (χ3n) is 6.15. The van der Waals surface area contributed by atoms with Crippen LogP contribution in [-0.4, -0.2) is 52.4 Å². The van der Waals surface area contributed by atoms with Gasteiger partial charge in [0.1, 0.15) is 17.1 Å². The van der Waals surface area contributed by atoms with Crippen molar-refractivity contribution in [3.05, 3.63) is 89.9 Å². The lowest BCUT2D eigenvalue weighted by Gasteiger charge is -2.21. The molecule has 4 N–H and O–H groups in total. The molecule has 0 spiro atoms. The Morgan fingerprint density at radius 1 is 1.15 bits per heavy atom. The number of nitrogens with zero attached hydrogens (tertiary/aromatic N) is 2. The van der Waals surface area contributed by atoms with Crippen LogP contribution in [0.2, 0.25) is 0 Å². The molecule has 0 saturated carbocycles. The summed E-state index contributed by atoms with van der Waals surface area (Å²) in [6, 6.07) is 12.3. The fourth-order valence-electron chi connectivity index (χ4n) is 3.83. The van der Waals surface area contributed by atoms with Crippen LogP contribution < -0.4 is 15.8 Å². The average molecular weight is 545 g/mol. The highest BCUT2D eigenvalue weighted by Crippen LogP contribution is 2.30. The van der Waals surface area contributed by atoms with Gasteiger partial charge in [0.2, 0.25) is 5.91 Å². The summed E-state index contributed by atoms with van der Waals surface area (Å²) in [5.74, 6) is 4.91. The molecule has 0 saturated heterocycles. The summed E-state index contributed by atoms with van der Waals surface area (Å²) in [6.45, 7) is 9.68. The van der Waals surface area contributed by atoms with E-state index >= 15 is 0 Å². The number of nitrogens with one attached hydrogen (secondary N) is 1. The second kappa shape index (κ2) is 14.6. The molecule has 2 aromatic carbocycles. The van der Waals surface area contributed by atoms with Gasteiger partial charge in [-0.25, -0.2) is 9.37 Å². The third-order valence-corrected chi connectivity index (χ3v) is 6.15. The first-order valence-corrected chi connectivity index (χ1v) is 12.9. The zero-order valence-corrected chi connectivity index (χ0v) is 22.6. The molecule has 1 unspecified atom stereocenters. The van der Waals surface area contributed by atoms with Gasteiger partial charge in [-0.3, -0.25) is 9.59 Å². The van der Waals surface area contributed by atoms with Crippen molar-refractivity contribution in [2.24, 2.45) is 0 Å². The topological polar surface area (TPSA) is 118 Å². The molecule has 1 atom stereocenters. The van der Waals surface area contributed by atoms with Crippen molar-refractivity contribution in [2.45, 2.75) is 32.8 Å². The maximum absolute atomic E-state index is 14.6. The van der Waals surface area contributed by atoms with Gasteiger partial charge in [-0.2, -0.15) is 0 Å². The number of pyridine rings is 1. The molecule has 0 bridgehead atoms. The van der Waals surface area contributed by atoms with Gasteiger partial charge in [-0.15, -0.1) is 0 Å². The predicted octanol–water partition coefficient (Wildman–Crippen LogP) is 4.79. The van der Waals surface area contributed by atoms with Crippen LogP contribution in [0, 0.1) is 17.7 Å². The molecule has 208 valence electrons. The van der Waals surface area contributed by atoms with Gasteiger partial charge in [0.25, 0.3) is 0 Å². The molecule has 0 fully saturated rings. The van der Waals surface area contributed by atoms with Crippen LogP contribution in [0.4, 0.5) is 15.9 Å². The summed E-state index contributed by atoms with van der Waals surface area (Å²) >= 11 is 0. The van der Waals surface area contributed by atoms with Gasteiger partial charge >= 0.3 is 0 Å². The summed E-state index contributed by atoms with van der Waals surface area (Å²) in [5.41, 5.74) is 7.71. The highest BCUT2D eigenvalue weighted by atomic mass is 19.1. The van der Waals surface area contributed by atoms with Gasteiger partial charge in [-0.05, 0) is 49.9 Å². The number of aliphatic hydroxyl groups is 1. The lowest BCUT2D eigenvalue weighted by Crippen LogP contribution is -2.32. The zero-order chi connectivity index (χ0) is 29.1. The van der Waals surface area contributed by atoms with E-state index in [-0.39, 0.29) is 40.8 Å². The molecule has 1 amide bonds. The number of ketones is 1. The number of nitrogens with two attached hydrogens (primary N) is 1. The number of benzene rings is 2. The Morgan fingerprint density at radius 2 is 1.88 bits per heavy atom. The first-order valence-electron chi connectivity index (χ1n) is 12.9. The molecule has 0 radical (unpaired) electrons. The number of amides is 1. The minimum Gasteiger partial charge on any atom is -0.453 e. The fourth-order valence-corrected chi connectivity index (χ4v) is 3.83. The van der Waals surface area contributed by atoms with E-state index in [0.717, 1.165) is 25.2 Å². The van der Waals surface area contributed by atoms with E-state index in [1.807, 2.05) is 13.8 Å². The average Bonchev–Trinajstić information content (AvgIpc) is 2.95. The Morgan fingerprint density at radius 3 is 2.52 bits per heavy atom. The maximum Gasteiger partial charge on any atom is 0.247 e. The number of carbonyl (C=O) groups is 2. The molecular formula is C31H33FN4O4. The fraction of sp³-hybridized carbons (Fsp3) is 0.258. The van der Waals surface area contributed by atoms with Gasteiger partial charge in [-0.1, -0.05) is 44.4 Å². The largest absolute Gasteiger partial charge is 0.453 e. The van der Waals surface area contributed by atoms with Crippen molar-refractivity contribution in [2.75, 3.05) is 30.7 Å². The number of anilines is 2. The van der Waals surface area contributed by atoms with Crippen molar-refractivity contribution in [3.8, 4) is 23.3 Å². The van der Waals surface area contributed by atoms with Gasteiger partial charge < -0.3 is 25.8 Å². The number of ether oxygens (including phenoxy) is 1. The maximum atomic E-state index is 14.6. The van der Waals surface area contributed by atoms with Crippen LogP contribution in [0.25, 0.3) is 0 Å². The summed E-state index contributed by atoms with van der Waals surface area (Å²) in [5, 5.41) is 12.7. The number of carbonyl (C=O) groups excluding carboxylic acids is 2. The second-order valence-corrected chi connectivity index (χ2v) is 8.94. The van der Waals surface area contributed by atoms with Crippen LogP contribution >= 0.6 is 0 Å². The van der Waals surface area contributed by atoms with E-state index in [0.29, 0.717) is 24.1 Å². The van der Waals surface area contributed by atoms with Crippen LogP contribution in [-0.2, 0) is 4.79 Å². The van der Waals surface area contributed by atoms with Crippen molar-refractivity contribution in [1.29, 1.82) is 0 Å². The number of aliphatic hydroxyl groups excluding tert-OH is 1. The Labute approximate surface area is 233 Å². The zero-order valence-electron chi connectivity index (χ0n) is 22.6.